The van der Waals surface area contributed by atoms with Crippen LogP contribution in [0, 0.1) is 5.92 Å². The van der Waals surface area contributed by atoms with Gasteiger partial charge < -0.3 is 0 Å². The lowest BCUT2D eigenvalue weighted by molar-refractivity contribution is 0.355. The summed E-state index contributed by atoms with van der Waals surface area (Å²) in [5.74, 6) is 6.37. The molecule has 0 rings (SSSR count). The first-order valence-electron chi connectivity index (χ1n) is 4.01. The molecule has 0 heterocycles. The third-order valence-corrected chi connectivity index (χ3v) is 1.08. The lowest BCUT2D eigenvalue weighted by atomic mass is 10.2. The van der Waals surface area contributed by atoms with Gasteiger partial charge in [0.25, 0.3) is 0 Å². The van der Waals surface area contributed by atoms with E-state index in [0.717, 1.165) is 6.54 Å². The van der Waals surface area contributed by atoms with Gasteiger partial charge in [0.05, 0.1) is 0 Å². The molecule has 0 saturated carbocycles. The monoisotopic (exact) mass is 173 g/mol. The highest BCUT2D eigenvalue weighted by atomic mass is 15.5. The third kappa shape index (κ3) is 5.94. The standard InChI is InChI=1S/C7H19N5/c1-6(2)5-9-7(10-8)11-12(3)4/h6H,5,8H2,1-4H3,(H2,9,10,11). The van der Waals surface area contributed by atoms with Crippen LogP contribution in [0.5, 0.6) is 0 Å². The molecule has 12 heavy (non-hydrogen) atoms. The first-order valence-corrected chi connectivity index (χ1v) is 4.01. The molecule has 0 aliphatic heterocycles. The minimum absolute atomic E-state index is 0.539. The quantitative estimate of drug-likeness (QED) is 0.234. The summed E-state index contributed by atoms with van der Waals surface area (Å²) in [5.41, 5.74) is 5.42. The van der Waals surface area contributed by atoms with Gasteiger partial charge in [0.15, 0.2) is 0 Å². The molecule has 5 heteroatoms. The van der Waals surface area contributed by atoms with Crippen LogP contribution < -0.4 is 16.7 Å². The summed E-state index contributed by atoms with van der Waals surface area (Å²) < 4.78 is 0. The molecule has 0 fully saturated rings. The summed E-state index contributed by atoms with van der Waals surface area (Å²) in [6, 6.07) is 0. The highest BCUT2D eigenvalue weighted by Gasteiger charge is 1.96. The molecule has 0 amide bonds. The molecule has 0 spiro atoms. The van der Waals surface area contributed by atoms with Gasteiger partial charge in [0, 0.05) is 20.6 Å². The van der Waals surface area contributed by atoms with E-state index in [-0.39, 0.29) is 0 Å². The predicted octanol–water partition coefficient (Wildman–Crippen LogP) is -0.472. The van der Waals surface area contributed by atoms with Gasteiger partial charge in [-0.15, -0.1) is 0 Å². The maximum Gasteiger partial charge on any atom is 0.220 e. The highest BCUT2D eigenvalue weighted by Crippen LogP contribution is 1.90. The first kappa shape index (κ1) is 11.2. The Labute approximate surface area is 74.0 Å². The van der Waals surface area contributed by atoms with Crippen molar-refractivity contribution in [1.29, 1.82) is 0 Å². The zero-order chi connectivity index (χ0) is 9.56. The normalized spacial score (nSPS) is 12.4. The van der Waals surface area contributed by atoms with E-state index in [4.69, 9.17) is 5.84 Å². The Bertz CT molecular complexity index is 141. The topological polar surface area (TPSA) is 65.7 Å². The number of nitrogens with zero attached hydrogens (tertiary/aromatic N) is 2. The smallest absolute Gasteiger partial charge is 0.220 e. The molecule has 0 aliphatic carbocycles. The van der Waals surface area contributed by atoms with Crippen LogP contribution in [-0.4, -0.2) is 31.6 Å². The van der Waals surface area contributed by atoms with Gasteiger partial charge in [0.2, 0.25) is 5.96 Å². The molecular formula is C7H19N5. The average Bonchev–Trinajstić information content (AvgIpc) is 1.97. The Kier molecular flexibility index (Phi) is 5.40. The van der Waals surface area contributed by atoms with Gasteiger partial charge in [-0.25, -0.2) is 10.9 Å². The maximum atomic E-state index is 5.24. The van der Waals surface area contributed by atoms with Crippen LogP contribution in [0.4, 0.5) is 0 Å². The second-order valence-corrected chi connectivity index (χ2v) is 3.23. The molecule has 0 aromatic carbocycles. The van der Waals surface area contributed by atoms with E-state index < -0.39 is 0 Å². The number of hydrogen-bond acceptors (Lipinski definition) is 3. The highest BCUT2D eigenvalue weighted by molar-refractivity contribution is 5.78. The zero-order valence-corrected chi connectivity index (χ0v) is 8.26. The van der Waals surface area contributed by atoms with Gasteiger partial charge in [0.1, 0.15) is 0 Å². The molecule has 0 unspecified atom stereocenters. The number of hydrogen-bond donors (Lipinski definition) is 3. The molecule has 0 bridgehead atoms. The van der Waals surface area contributed by atoms with Gasteiger partial charge in [-0.2, -0.15) is 0 Å². The summed E-state index contributed by atoms with van der Waals surface area (Å²) in [5, 5.41) is 1.78. The lowest BCUT2D eigenvalue weighted by Crippen LogP contribution is -2.47. The van der Waals surface area contributed by atoms with Gasteiger partial charge in [-0.3, -0.25) is 15.8 Å². The maximum absolute atomic E-state index is 5.24. The fourth-order valence-corrected chi connectivity index (χ4v) is 0.599. The average molecular weight is 173 g/mol. The van der Waals surface area contributed by atoms with E-state index in [1.807, 2.05) is 14.1 Å². The number of nitrogens with two attached hydrogens (primary N) is 1. The SMILES string of the molecule is CC(C)CN=C(NN)NN(C)C. The fourth-order valence-electron chi connectivity index (χ4n) is 0.599. The van der Waals surface area contributed by atoms with Crippen LogP contribution in [0.2, 0.25) is 0 Å². The van der Waals surface area contributed by atoms with Gasteiger partial charge in [-0.1, -0.05) is 13.8 Å². The van der Waals surface area contributed by atoms with Crippen molar-refractivity contribution >= 4 is 5.96 Å². The number of nitrogens with one attached hydrogen (secondary N) is 2. The number of guanidine groups is 1. The Hall–Kier alpha value is -0.810. The van der Waals surface area contributed by atoms with Crippen LogP contribution in [0.1, 0.15) is 13.8 Å². The molecule has 0 aliphatic rings. The molecule has 0 aromatic rings. The molecule has 0 radical (unpaired) electrons. The molecule has 4 N–H and O–H groups in total. The van der Waals surface area contributed by atoms with E-state index in [1.165, 1.54) is 0 Å². The molecule has 0 atom stereocenters. The molecule has 0 saturated heterocycles. The summed E-state index contributed by atoms with van der Waals surface area (Å²) in [6.45, 7) is 4.97. The minimum atomic E-state index is 0.539. The van der Waals surface area contributed by atoms with E-state index in [0.29, 0.717) is 11.9 Å². The molecular weight excluding hydrogens is 154 g/mol. The van der Waals surface area contributed by atoms with E-state index in [9.17, 15) is 0 Å². The Morgan fingerprint density at radius 1 is 1.50 bits per heavy atom. The van der Waals surface area contributed by atoms with Gasteiger partial charge in [-0.05, 0) is 5.92 Å². The number of rotatable bonds is 3. The van der Waals surface area contributed by atoms with E-state index in [1.54, 1.807) is 5.01 Å². The molecule has 72 valence electrons. The molecule has 5 nitrogen and oxygen atoms in total. The first-order chi connectivity index (χ1) is 5.56. The Morgan fingerprint density at radius 2 is 2.08 bits per heavy atom. The van der Waals surface area contributed by atoms with Crippen molar-refractivity contribution in [1.82, 2.24) is 15.9 Å². The van der Waals surface area contributed by atoms with Crippen LogP contribution in [0.25, 0.3) is 0 Å². The zero-order valence-electron chi connectivity index (χ0n) is 8.26. The van der Waals surface area contributed by atoms with Crippen molar-refractivity contribution in [2.24, 2.45) is 16.8 Å². The summed E-state index contributed by atoms with van der Waals surface area (Å²) in [7, 11) is 3.75. The lowest BCUT2D eigenvalue weighted by Gasteiger charge is -2.15. The van der Waals surface area contributed by atoms with Crippen LogP contribution >= 0.6 is 0 Å². The number of hydrazine groups is 2. The third-order valence-electron chi connectivity index (χ3n) is 1.08. The Morgan fingerprint density at radius 3 is 2.42 bits per heavy atom. The van der Waals surface area contributed by atoms with E-state index >= 15 is 0 Å². The summed E-state index contributed by atoms with van der Waals surface area (Å²) in [6.07, 6.45) is 0. The van der Waals surface area contributed by atoms with Crippen molar-refractivity contribution in [3.8, 4) is 0 Å². The van der Waals surface area contributed by atoms with Crippen molar-refractivity contribution in [2.75, 3.05) is 20.6 Å². The second kappa shape index (κ2) is 5.79. The predicted molar refractivity (Wildman–Crippen MR) is 51.3 cm³/mol. The second-order valence-electron chi connectivity index (χ2n) is 3.23. The van der Waals surface area contributed by atoms with Crippen LogP contribution in [-0.2, 0) is 0 Å². The molecule has 0 aromatic heterocycles. The summed E-state index contributed by atoms with van der Waals surface area (Å²) in [4.78, 5) is 4.21. The van der Waals surface area contributed by atoms with Crippen LogP contribution in [0.15, 0.2) is 4.99 Å². The van der Waals surface area contributed by atoms with Crippen molar-refractivity contribution in [2.45, 2.75) is 13.8 Å². The van der Waals surface area contributed by atoms with Crippen molar-refractivity contribution < 1.29 is 0 Å². The van der Waals surface area contributed by atoms with Crippen LogP contribution in [0.3, 0.4) is 0 Å². The van der Waals surface area contributed by atoms with Crippen molar-refractivity contribution in [3.63, 3.8) is 0 Å². The summed E-state index contributed by atoms with van der Waals surface area (Å²) >= 11 is 0. The minimum Gasteiger partial charge on any atom is -0.293 e. The number of aliphatic imine (C=N–C) groups is 1. The van der Waals surface area contributed by atoms with Crippen molar-refractivity contribution in [3.05, 3.63) is 0 Å². The van der Waals surface area contributed by atoms with E-state index in [2.05, 4.69) is 29.7 Å². The largest absolute Gasteiger partial charge is 0.293 e. The van der Waals surface area contributed by atoms with Gasteiger partial charge >= 0.3 is 0 Å². The fraction of sp³-hybridized carbons (Fsp3) is 0.857. The Balaban J connectivity index is 3.87.